The lowest BCUT2D eigenvalue weighted by Gasteiger charge is -2.20. The van der Waals surface area contributed by atoms with Crippen LogP contribution < -0.4 is 10.1 Å². The molecule has 0 bridgehead atoms. The number of rotatable bonds is 6. The molecule has 1 aromatic heterocycles. The maximum absolute atomic E-state index is 5.85. The van der Waals surface area contributed by atoms with Crippen molar-refractivity contribution >= 4 is 0 Å². The number of nitrogens with zero attached hydrogens (tertiary/aromatic N) is 1. The molecule has 0 amide bonds. The summed E-state index contributed by atoms with van der Waals surface area (Å²) in [5.41, 5.74) is 3.16. The molecule has 106 valence electrons. The van der Waals surface area contributed by atoms with Crippen molar-refractivity contribution in [3.63, 3.8) is 0 Å². The van der Waals surface area contributed by atoms with Gasteiger partial charge < -0.3 is 10.1 Å². The minimum atomic E-state index is 0.0444. The lowest BCUT2D eigenvalue weighted by atomic mass is 10.0. The third-order valence-corrected chi connectivity index (χ3v) is 3.19. The van der Waals surface area contributed by atoms with Gasteiger partial charge in [-0.15, -0.1) is 0 Å². The van der Waals surface area contributed by atoms with E-state index in [0.717, 1.165) is 35.7 Å². The molecule has 1 unspecified atom stereocenters. The highest BCUT2D eigenvalue weighted by molar-refractivity contribution is 5.40. The molecule has 0 saturated heterocycles. The summed E-state index contributed by atoms with van der Waals surface area (Å²) in [6, 6.07) is 14.3. The van der Waals surface area contributed by atoms with Crippen LogP contribution in [0, 0.1) is 6.92 Å². The second-order valence-electron chi connectivity index (χ2n) is 4.81. The first-order valence-electron chi connectivity index (χ1n) is 7.08. The van der Waals surface area contributed by atoms with E-state index in [1.54, 1.807) is 0 Å². The zero-order valence-corrected chi connectivity index (χ0v) is 12.4. The van der Waals surface area contributed by atoms with E-state index in [1.165, 1.54) is 0 Å². The van der Waals surface area contributed by atoms with E-state index in [-0.39, 0.29) is 6.04 Å². The first kappa shape index (κ1) is 14.5. The van der Waals surface area contributed by atoms with Crippen molar-refractivity contribution in [3.8, 4) is 5.75 Å². The Morgan fingerprint density at radius 3 is 2.65 bits per heavy atom. The van der Waals surface area contributed by atoms with Crippen LogP contribution in [0.5, 0.6) is 5.75 Å². The van der Waals surface area contributed by atoms with Gasteiger partial charge in [0.1, 0.15) is 5.75 Å². The fraction of sp³-hybridized carbons (Fsp3) is 0.353. The summed E-state index contributed by atoms with van der Waals surface area (Å²) < 4.78 is 5.85. The van der Waals surface area contributed by atoms with Gasteiger partial charge in [-0.1, -0.05) is 31.2 Å². The molecule has 0 aliphatic heterocycles. The predicted octanol–water partition coefficient (Wildman–Crippen LogP) is 3.49. The average molecular weight is 270 g/mol. The highest BCUT2D eigenvalue weighted by atomic mass is 16.5. The largest absolute Gasteiger partial charge is 0.493 e. The monoisotopic (exact) mass is 270 g/mol. The highest BCUT2D eigenvalue weighted by Gasteiger charge is 2.17. The van der Waals surface area contributed by atoms with E-state index in [1.807, 2.05) is 50.4 Å². The first-order valence-corrected chi connectivity index (χ1v) is 7.08. The van der Waals surface area contributed by atoms with Crippen LogP contribution in [-0.4, -0.2) is 18.6 Å². The standard InChI is InChI=1S/C17H22N2O/c1-4-12-20-16-11-6-5-9-14(16)17(18-3)15-10-7-8-13(2)19-15/h5-11,17-18H,4,12H2,1-3H3. The molecule has 0 fully saturated rings. The number of aromatic nitrogens is 1. The Labute approximate surface area is 121 Å². The Balaban J connectivity index is 2.36. The van der Waals surface area contributed by atoms with Crippen LogP contribution in [0.2, 0.25) is 0 Å². The van der Waals surface area contributed by atoms with E-state index < -0.39 is 0 Å². The normalized spacial score (nSPS) is 12.2. The van der Waals surface area contributed by atoms with Crippen molar-refractivity contribution in [1.29, 1.82) is 0 Å². The number of hydrogen-bond donors (Lipinski definition) is 1. The Bertz CT molecular complexity index is 554. The molecular weight excluding hydrogens is 248 g/mol. The van der Waals surface area contributed by atoms with Gasteiger partial charge in [0.25, 0.3) is 0 Å². The Kier molecular flexibility index (Phi) is 5.13. The van der Waals surface area contributed by atoms with Crippen LogP contribution in [0.15, 0.2) is 42.5 Å². The van der Waals surface area contributed by atoms with Crippen molar-refractivity contribution in [2.75, 3.05) is 13.7 Å². The molecule has 0 radical (unpaired) electrons. The molecular formula is C17H22N2O. The highest BCUT2D eigenvalue weighted by Crippen LogP contribution is 2.29. The number of hydrogen-bond acceptors (Lipinski definition) is 3. The molecule has 0 aliphatic rings. The predicted molar refractivity (Wildman–Crippen MR) is 82.1 cm³/mol. The molecule has 3 nitrogen and oxygen atoms in total. The maximum atomic E-state index is 5.85. The molecule has 0 aliphatic carbocycles. The topological polar surface area (TPSA) is 34.1 Å². The van der Waals surface area contributed by atoms with E-state index in [4.69, 9.17) is 4.74 Å². The lowest BCUT2D eigenvalue weighted by molar-refractivity contribution is 0.312. The van der Waals surface area contributed by atoms with Crippen molar-refractivity contribution < 1.29 is 4.74 Å². The zero-order chi connectivity index (χ0) is 14.4. The summed E-state index contributed by atoms with van der Waals surface area (Å²) in [6.07, 6.45) is 1.00. The lowest BCUT2D eigenvalue weighted by Crippen LogP contribution is -2.20. The molecule has 0 saturated carbocycles. The SMILES string of the molecule is CCCOc1ccccc1C(NC)c1cccc(C)n1. The number of para-hydroxylation sites is 1. The van der Waals surface area contributed by atoms with Crippen molar-refractivity contribution in [1.82, 2.24) is 10.3 Å². The van der Waals surface area contributed by atoms with E-state index >= 15 is 0 Å². The molecule has 20 heavy (non-hydrogen) atoms. The minimum Gasteiger partial charge on any atom is -0.493 e. The summed E-state index contributed by atoms with van der Waals surface area (Å²) >= 11 is 0. The zero-order valence-electron chi connectivity index (χ0n) is 12.4. The minimum absolute atomic E-state index is 0.0444. The quantitative estimate of drug-likeness (QED) is 0.872. The number of nitrogens with one attached hydrogen (secondary N) is 1. The smallest absolute Gasteiger partial charge is 0.124 e. The number of benzene rings is 1. The molecule has 1 N–H and O–H groups in total. The van der Waals surface area contributed by atoms with Crippen LogP contribution in [0.1, 0.15) is 36.3 Å². The van der Waals surface area contributed by atoms with Gasteiger partial charge in [-0.25, -0.2) is 0 Å². The molecule has 2 rings (SSSR count). The van der Waals surface area contributed by atoms with Gasteiger partial charge in [0.05, 0.1) is 18.3 Å². The number of ether oxygens (including phenoxy) is 1. The first-order chi connectivity index (χ1) is 9.76. The summed E-state index contributed by atoms with van der Waals surface area (Å²) in [5.74, 6) is 0.928. The third kappa shape index (κ3) is 3.36. The molecule has 1 heterocycles. The fourth-order valence-corrected chi connectivity index (χ4v) is 2.25. The van der Waals surface area contributed by atoms with Crippen LogP contribution >= 0.6 is 0 Å². The van der Waals surface area contributed by atoms with Gasteiger partial charge >= 0.3 is 0 Å². The number of aryl methyl sites for hydroxylation is 1. The second-order valence-corrected chi connectivity index (χ2v) is 4.81. The Morgan fingerprint density at radius 1 is 1.15 bits per heavy atom. The van der Waals surface area contributed by atoms with Crippen molar-refractivity contribution in [2.24, 2.45) is 0 Å². The van der Waals surface area contributed by atoms with Gasteiger partial charge in [-0.3, -0.25) is 4.98 Å². The van der Waals surface area contributed by atoms with Gasteiger partial charge in [0.2, 0.25) is 0 Å². The van der Waals surface area contributed by atoms with Gasteiger partial charge in [-0.05, 0) is 38.6 Å². The summed E-state index contributed by atoms with van der Waals surface area (Å²) in [4.78, 5) is 4.62. The maximum Gasteiger partial charge on any atom is 0.124 e. The second kappa shape index (κ2) is 7.06. The average Bonchev–Trinajstić information content (AvgIpc) is 2.47. The molecule has 1 aromatic carbocycles. The van der Waals surface area contributed by atoms with Crippen LogP contribution in [0.3, 0.4) is 0 Å². The molecule has 1 atom stereocenters. The van der Waals surface area contributed by atoms with Crippen LogP contribution in [-0.2, 0) is 0 Å². The van der Waals surface area contributed by atoms with Gasteiger partial charge in [0.15, 0.2) is 0 Å². The Hall–Kier alpha value is -1.87. The van der Waals surface area contributed by atoms with Crippen LogP contribution in [0.25, 0.3) is 0 Å². The summed E-state index contributed by atoms with van der Waals surface area (Å²) in [6.45, 7) is 4.85. The third-order valence-electron chi connectivity index (χ3n) is 3.19. The number of pyridine rings is 1. The summed E-state index contributed by atoms with van der Waals surface area (Å²) in [5, 5.41) is 3.34. The van der Waals surface area contributed by atoms with E-state index in [9.17, 15) is 0 Å². The Morgan fingerprint density at radius 2 is 1.95 bits per heavy atom. The van der Waals surface area contributed by atoms with Gasteiger partial charge in [-0.2, -0.15) is 0 Å². The summed E-state index contributed by atoms with van der Waals surface area (Å²) in [7, 11) is 1.95. The fourth-order valence-electron chi connectivity index (χ4n) is 2.25. The van der Waals surface area contributed by atoms with E-state index in [0.29, 0.717) is 0 Å². The van der Waals surface area contributed by atoms with Gasteiger partial charge in [0, 0.05) is 11.3 Å². The van der Waals surface area contributed by atoms with Crippen molar-refractivity contribution in [2.45, 2.75) is 26.3 Å². The molecule has 0 spiro atoms. The van der Waals surface area contributed by atoms with E-state index in [2.05, 4.69) is 23.3 Å². The van der Waals surface area contributed by atoms with Crippen LogP contribution in [0.4, 0.5) is 0 Å². The molecule has 3 heteroatoms. The molecule has 2 aromatic rings. The van der Waals surface area contributed by atoms with Crippen molar-refractivity contribution in [3.05, 3.63) is 59.4 Å².